The summed E-state index contributed by atoms with van der Waals surface area (Å²) in [6.07, 6.45) is 0.570. The molecule has 0 aliphatic carbocycles. The van der Waals surface area contributed by atoms with Crippen LogP contribution in [0.1, 0.15) is 22.8 Å². The van der Waals surface area contributed by atoms with Crippen molar-refractivity contribution in [3.05, 3.63) is 70.1 Å². The van der Waals surface area contributed by atoms with Gasteiger partial charge in [-0.3, -0.25) is 9.10 Å². The lowest BCUT2D eigenvalue weighted by atomic mass is 10.1. The van der Waals surface area contributed by atoms with Gasteiger partial charge in [-0.2, -0.15) is 0 Å². The number of fused-ring (bicyclic) bond motifs is 2. The van der Waals surface area contributed by atoms with Gasteiger partial charge in [0.05, 0.1) is 11.4 Å². The van der Waals surface area contributed by atoms with Crippen LogP contribution in [0.5, 0.6) is 5.75 Å². The molecular weight excluding hydrogens is 394 g/mol. The number of Topliss-reactive ketones (excluding diaryl/α,β-unsaturated/α-hetero) is 1. The summed E-state index contributed by atoms with van der Waals surface area (Å²) in [6, 6.07) is 13.0. The van der Waals surface area contributed by atoms with Gasteiger partial charge in [-0.15, -0.1) is 0 Å². The van der Waals surface area contributed by atoms with Crippen LogP contribution >= 0.6 is 0 Å². The van der Waals surface area contributed by atoms with Crippen molar-refractivity contribution in [1.29, 1.82) is 0 Å². The number of hydrogen-bond acceptors (Lipinski definition) is 6. The van der Waals surface area contributed by atoms with Crippen LogP contribution in [0.15, 0.2) is 57.7 Å². The molecule has 1 aromatic heterocycles. The molecule has 2 heterocycles. The van der Waals surface area contributed by atoms with E-state index in [-0.39, 0.29) is 18.1 Å². The molecule has 0 fully saturated rings. The molecule has 4 rings (SSSR count). The van der Waals surface area contributed by atoms with E-state index in [0.717, 1.165) is 10.9 Å². The largest absolute Gasteiger partial charge is 0.485 e. The van der Waals surface area contributed by atoms with Gasteiger partial charge >= 0.3 is 5.63 Å². The van der Waals surface area contributed by atoms with Crippen molar-refractivity contribution in [3.8, 4) is 5.75 Å². The maximum Gasteiger partial charge on any atom is 0.336 e. The summed E-state index contributed by atoms with van der Waals surface area (Å²) in [6.45, 7) is 1.82. The molecule has 0 radical (unpaired) electrons. The van der Waals surface area contributed by atoms with Gasteiger partial charge in [0.1, 0.15) is 11.3 Å². The fourth-order valence-corrected chi connectivity index (χ4v) is 4.51. The van der Waals surface area contributed by atoms with Crippen LogP contribution in [0.4, 0.5) is 5.69 Å². The van der Waals surface area contributed by atoms with E-state index in [1.54, 1.807) is 49.4 Å². The first kappa shape index (κ1) is 19.2. The van der Waals surface area contributed by atoms with Crippen molar-refractivity contribution in [2.24, 2.45) is 0 Å². The third kappa shape index (κ3) is 3.75. The smallest absolute Gasteiger partial charge is 0.336 e. The highest BCUT2D eigenvalue weighted by atomic mass is 32.2. The number of nitrogens with zero attached hydrogens (tertiary/aromatic N) is 1. The molecule has 0 spiro atoms. The number of ketones is 1. The van der Waals surface area contributed by atoms with Gasteiger partial charge < -0.3 is 9.15 Å². The van der Waals surface area contributed by atoms with Gasteiger partial charge in [0.25, 0.3) is 0 Å². The number of benzene rings is 2. The predicted molar refractivity (Wildman–Crippen MR) is 109 cm³/mol. The third-order valence-corrected chi connectivity index (χ3v) is 6.70. The van der Waals surface area contributed by atoms with Gasteiger partial charge in [0.15, 0.2) is 12.4 Å². The minimum absolute atomic E-state index is 0.0346. The fraction of sp³-hybridized carbons (Fsp3) is 0.238. The maximum atomic E-state index is 12.5. The Kier molecular flexibility index (Phi) is 4.87. The number of carbonyl (C=O) groups excluding carboxylic acids is 1. The topological polar surface area (TPSA) is 93.9 Å². The van der Waals surface area contributed by atoms with E-state index in [1.165, 1.54) is 10.4 Å². The Balaban J connectivity index is 1.49. The summed E-state index contributed by atoms with van der Waals surface area (Å²) in [7, 11) is -3.32. The highest BCUT2D eigenvalue weighted by molar-refractivity contribution is 7.92. The van der Waals surface area contributed by atoms with Gasteiger partial charge in [0.2, 0.25) is 10.0 Å². The van der Waals surface area contributed by atoms with Crippen molar-refractivity contribution < 1.29 is 22.4 Å². The van der Waals surface area contributed by atoms with Crippen LogP contribution in [-0.2, 0) is 16.4 Å². The summed E-state index contributed by atoms with van der Waals surface area (Å²) in [5, 5.41) is 0.758. The van der Waals surface area contributed by atoms with E-state index in [9.17, 15) is 18.0 Å². The first-order chi connectivity index (χ1) is 13.9. The summed E-state index contributed by atoms with van der Waals surface area (Å²) in [5.74, 6) is 0.230. The van der Waals surface area contributed by atoms with E-state index < -0.39 is 15.6 Å². The number of sulfonamides is 1. The lowest BCUT2D eigenvalue weighted by Crippen LogP contribution is -2.30. The highest BCUT2D eigenvalue weighted by Crippen LogP contribution is 2.31. The molecule has 150 valence electrons. The predicted octanol–water partition coefficient (Wildman–Crippen LogP) is 2.77. The molecule has 8 heteroatoms. The molecule has 2 aromatic carbocycles. The molecule has 0 saturated carbocycles. The first-order valence-electron chi connectivity index (χ1n) is 9.20. The van der Waals surface area contributed by atoms with E-state index in [0.29, 0.717) is 35.5 Å². The van der Waals surface area contributed by atoms with E-state index in [1.807, 2.05) is 0 Å². The molecule has 0 N–H and O–H groups in total. The molecule has 0 unspecified atom stereocenters. The Bertz CT molecular complexity index is 1260. The fourth-order valence-electron chi connectivity index (χ4n) is 3.35. The standard InChI is InChI=1S/C21H19NO6S/c1-2-29(25,26)22-10-9-15-11-16(4-7-18(15)22)19(23)13-27-17-6-3-14-5-8-21(24)28-20(14)12-17/h3-8,11-12H,2,9-10,13H2,1H3. The van der Waals surface area contributed by atoms with Gasteiger partial charge in [-0.25, -0.2) is 13.2 Å². The summed E-state index contributed by atoms with van der Waals surface area (Å²) in [4.78, 5) is 23.9. The lowest BCUT2D eigenvalue weighted by Gasteiger charge is -2.18. The molecule has 0 bridgehead atoms. The second-order valence-electron chi connectivity index (χ2n) is 6.73. The number of anilines is 1. The van der Waals surface area contributed by atoms with Crippen molar-refractivity contribution in [1.82, 2.24) is 0 Å². The molecular formula is C21H19NO6S. The van der Waals surface area contributed by atoms with Crippen molar-refractivity contribution >= 4 is 32.5 Å². The highest BCUT2D eigenvalue weighted by Gasteiger charge is 2.28. The molecule has 29 heavy (non-hydrogen) atoms. The van der Waals surface area contributed by atoms with Gasteiger partial charge in [-0.1, -0.05) is 0 Å². The minimum Gasteiger partial charge on any atom is -0.485 e. The van der Waals surface area contributed by atoms with Gasteiger partial charge in [-0.05, 0) is 55.3 Å². The van der Waals surface area contributed by atoms with E-state index >= 15 is 0 Å². The Hall–Kier alpha value is -3.13. The van der Waals surface area contributed by atoms with Crippen LogP contribution in [0, 0.1) is 0 Å². The van der Waals surface area contributed by atoms with Crippen molar-refractivity contribution in [2.45, 2.75) is 13.3 Å². The Morgan fingerprint density at radius 3 is 2.72 bits per heavy atom. The molecule has 0 saturated heterocycles. The second-order valence-corrected chi connectivity index (χ2v) is 8.91. The molecule has 7 nitrogen and oxygen atoms in total. The van der Waals surface area contributed by atoms with E-state index in [2.05, 4.69) is 0 Å². The normalized spacial score (nSPS) is 13.5. The number of rotatable bonds is 6. The third-order valence-electron chi connectivity index (χ3n) is 4.92. The minimum atomic E-state index is -3.32. The first-order valence-corrected chi connectivity index (χ1v) is 10.8. The average Bonchev–Trinajstić information content (AvgIpc) is 3.15. The zero-order chi connectivity index (χ0) is 20.6. The number of hydrogen-bond donors (Lipinski definition) is 0. The van der Waals surface area contributed by atoms with Crippen LogP contribution in [-0.4, -0.2) is 33.1 Å². The van der Waals surface area contributed by atoms with E-state index in [4.69, 9.17) is 9.15 Å². The molecule has 3 aromatic rings. The Morgan fingerprint density at radius 2 is 1.93 bits per heavy atom. The van der Waals surface area contributed by atoms with Crippen LogP contribution in [0.25, 0.3) is 11.0 Å². The summed E-state index contributed by atoms with van der Waals surface area (Å²) < 4.78 is 36.4. The summed E-state index contributed by atoms with van der Waals surface area (Å²) >= 11 is 0. The quantitative estimate of drug-likeness (QED) is 0.456. The van der Waals surface area contributed by atoms with Crippen LogP contribution < -0.4 is 14.7 Å². The molecule has 1 aliphatic rings. The van der Waals surface area contributed by atoms with Crippen molar-refractivity contribution in [2.75, 3.05) is 23.2 Å². The SMILES string of the molecule is CCS(=O)(=O)N1CCc2cc(C(=O)COc3ccc4ccc(=O)oc4c3)ccc21. The van der Waals surface area contributed by atoms with Crippen LogP contribution in [0.2, 0.25) is 0 Å². The zero-order valence-corrected chi connectivity index (χ0v) is 16.6. The average molecular weight is 413 g/mol. The van der Waals surface area contributed by atoms with Crippen molar-refractivity contribution in [3.63, 3.8) is 0 Å². The molecule has 0 atom stereocenters. The lowest BCUT2D eigenvalue weighted by molar-refractivity contribution is 0.0921. The number of ether oxygens (including phenoxy) is 1. The maximum absolute atomic E-state index is 12.5. The molecule has 1 aliphatic heterocycles. The number of carbonyl (C=O) groups is 1. The van der Waals surface area contributed by atoms with Crippen LogP contribution in [0.3, 0.4) is 0 Å². The van der Waals surface area contributed by atoms with Gasteiger partial charge in [0, 0.05) is 29.6 Å². The Labute approximate surface area is 167 Å². The zero-order valence-electron chi connectivity index (χ0n) is 15.8. The summed E-state index contributed by atoms with van der Waals surface area (Å²) in [5.41, 5.74) is 1.86. The Morgan fingerprint density at radius 1 is 1.14 bits per heavy atom. The molecule has 0 amide bonds. The monoisotopic (exact) mass is 413 g/mol. The second kappa shape index (κ2) is 7.36.